The summed E-state index contributed by atoms with van der Waals surface area (Å²) in [4.78, 5) is 27.2. The summed E-state index contributed by atoms with van der Waals surface area (Å²) in [5.74, 6) is -0.104. The van der Waals surface area contributed by atoms with Crippen molar-refractivity contribution in [1.29, 1.82) is 0 Å². The Hall–Kier alpha value is -4.89. The molecule has 2 amide bonds. The second-order valence-corrected chi connectivity index (χ2v) is 11.9. The van der Waals surface area contributed by atoms with Gasteiger partial charge in [-0.2, -0.15) is 18.3 Å². The van der Waals surface area contributed by atoms with Gasteiger partial charge in [-0.25, -0.2) is 5.01 Å². The summed E-state index contributed by atoms with van der Waals surface area (Å²) in [7, 11) is 1.58. The highest BCUT2D eigenvalue weighted by molar-refractivity contribution is 7.99. The molecule has 236 valence electrons. The standard InChI is InChI=1S/C31H25F3N6O4S2/c1-43-22-11-9-19(10-12-22)24-16-23(26-8-4-14-45-26)38-40(24)28(41)18-46-30-37-36-27(17-35-29(42)25-7-3-13-44-25)39(30)21-6-2-5-20(15-21)31(32,33)34/h2-15,24H,16-18H2,1H3,(H,35,42)/t24-/m1/s1. The van der Waals surface area contributed by atoms with Gasteiger partial charge in [0.05, 0.1) is 53.6 Å². The number of ether oxygens (including phenoxy) is 1. The Morgan fingerprint density at radius 3 is 2.61 bits per heavy atom. The molecule has 0 radical (unpaired) electrons. The van der Waals surface area contributed by atoms with Crippen molar-refractivity contribution in [3.05, 3.63) is 112 Å². The number of carbonyl (C=O) groups is 2. The van der Waals surface area contributed by atoms with Crippen molar-refractivity contribution in [3.63, 3.8) is 0 Å². The number of hydrazone groups is 1. The third-order valence-electron chi connectivity index (χ3n) is 7.08. The average Bonchev–Trinajstić information content (AvgIpc) is 3.89. The van der Waals surface area contributed by atoms with Crippen molar-refractivity contribution in [2.75, 3.05) is 12.9 Å². The molecule has 3 aromatic heterocycles. The van der Waals surface area contributed by atoms with Crippen LogP contribution in [0.1, 0.15) is 44.8 Å². The number of aromatic nitrogens is 3. The molecule has 1 N–H and O–H groups in total. The molecule has 0 unspecified atom stereocenters. The van der Waals surface area contributed by atoms with Gasteiger partial charge in [-0.3, -0.25) is 14.2 Å². The van der Waals surface area contributed by atoms with E-state index in [2.05, 4.69) is 20.6 Å². The molecule has 0 fully saturated rings. The van der Waals surface area contributed by atoms with Crippen molar-refractivity contribution in [1.82, 2.24) is 25.1 Å². The van der Waals surface area contributed by atoms with E-state index in [4.69, 9.17) is 9.15 Å². The molecule has 6 rings (SSSR count). The first kappa shape index (κ1) is 31.1. The molecule has 2 aromatic carbocycles. The van der Waals surface area contributed by atoms with Crippen LogP contribution in [0, 0.1) is 0 Å². The van der Waals surface area contributed by atoms with Crippen LogP contribution in [0.5, 0.6) is 5.75 Å². The zero-order chi connectivity index (χ0) is 32.3. The topological polar surface area (TPSA) is 115 Å². The molecule has 10 nitrogen and oxygen atoms in total. The summed E-state index contributed by atoms with van der Waals surface area (Å²) < 4.78 is 52.6. The number of amides is 2. The van der Waals surface area contributed by atoms with Crippen LogP contribution in [0.15, 0.2) is 99.1 Å². The van der Waals surface area contributed by atoms with Gasteiger partial charge < -0.3 is 14.5 Å². The first-order chi connectivity index (χ1) is 22.2. The minimum absolute atomic E-state index is 0.0600. The van der Waals surface area contributed by atoms with E-state index in [0.29, 0.717) is 12.2 Å². The smallest absolute Gasteiger partial charge is 0.416 e. The second-order valence-electron chi connectivity index (χ2n) is 9.99. The molecule has 0 bridgehead atoms. The molecule has 0 aliphatic carbocycles. The summed E-state index contributed by atoms with van der Waals surface area (Å²) in [6, 6.07) is 18.6. The van der Waals surface area contributed by atoms with Crippen molar-refractivity contribution >= 4 is 40.6 Å². The van der Waals surface area contributed by atoms with E-state index in [1.165, 1.54) is 45.4 Å². The number of hydrogen-bond acceptors (Lipinski definition) is 9. The summed E-state index contributed by atoms with van der Waals surface area (Å²) in [6.45, 7) is -0.169. The van der Waals surface area contributed by atoms with Gasteiger partial charge in [0, 0.05) is 6.42 Å². The van der Waals surface area contributed by atoms with Gasteiger partial charge >= 0.3 is 6.18 Å². The summed E-state index contributed by atoms with van der Waals surface area (Å²) >= 11 is 2.53. The fourth-order valence-corrected chi connectivity index (χ4v) is 6.40. The molecule has 0 saturated heterocycles. The van der Waals surface area contributed by atoms with Gasteiger partial charge in [0.1, 0.15) is 5.75 Å². The van der Waals surface area contributed by atoms with Crippen LogP contribution in [0.25, 0.3) is 5.69 Å². The minimum Gasteiger partial charge on any atom is -0.497 e. The zero-order valence-electron chi connectivity index (χ0n) is 24.1. The number of halogens is 3. The summed E-state index contributed by atoms with van der Waals surface area (Å²) in [6.07, 6.45) is -2.74. The van der Waals surface area contributed by atoms with Crippen molar-refractivity contribution in [3.8, 4) is 11.4 Å². The highest BCUT2D eigenvalue weighted by atomic mass is 32.2. The number of carbonyl (C=O) groups excluding carboxylic acids is 2. The molecule has 1 aliphatic heterocycles. The van der Waals surface area contributed by atoms with Crippen LogP contribution in [0.3, 0.4) is 0 Å². The number of thiophene rings is 1. The van der Waals surface area contributed by atoms with E-state index in [0.717, 1.165) is 40.0 Å². The van der Waals surface area contributed by atoms with Crippen LogP contribution < -0.4 is 10.1 Å². The largest absolute Gasteiger partial charge is 0.497 e. The van der Waals surface area contributed by atoms with E-state index in [-0.39, 0.29) is 46.7 Å². The lowest BCUT2D eigenvalue weighted by Gasteiger charge is -2.22. The molecule has 15 heteroatoms. The lowest BCUT2D eigenvalue weighted by atomic mass is 10.0. The Labute approximate surface area is 268 Å². The van der Waals surface area contributed by atoms with Crippen molar-refractivity contribution < 1.29 is 31.9 Å². The number of rotatable bonds is 10. The number of furan rings is 1. The number of methoxy groups -OCH3 is 1. The van der Waals surface area contributed by atoms with Crippen LogP contribution >= 0.6 is 23.1 Å². The normalized spacial score (nSPS) is 14.7. The molecule has 5 aromatic rings. The number of benzene rings is 2. The van der Waals surface area contributed by atoms with E-state index in [9.17, 15) is 22.8 Å². The molecular weight excluding hydrogens is 642 g/mol. The lowest BCUT2D eigenvalue weighted by molar-refractivity contribution is -0.137. The first-order valence-electron chi connectivity index (χ1n) is 13.8. The molecule has 1 atom stereocenters. The maximum absolute atomic E-state index is 13.7. The number of hydrogen-bond donors (Lipinski definition) is 1. The van der Waals surface area contributed by atoms with Crippen LogP contribution in [-0.4, -0.2) is 50.2 Å². The van der Waals surface area contributed by atoms with E-state index in [1.54, 1.807) is 13.2 Å². The molecule has 0 spiro atoms. The molecule has 1 aliphatic rings. The molecule has 0 saturated carbocycles. The van der Waals surface area contributed by atoms with Gasteiger partial charge in [0.2, 0.25) is 0 Å². The fourth-order valence-electron chi connectivity index (χ4n) is 4.85. The third kappa shape index (κ3) is 6.70. The highest BCUT2D eigenvalue weighted by Crippen LogP contribution is 2.36. The monoisotopic (exact) mass is 666 g/mol. The van der Waals surface area contributed by atoms with Crippen LogP contribution in [-0.2, 0) is 17.5 Å². The Bertz CT molecular complexity index is 1860. The number of nitrogens with one attached hydrogen (secondary N) is 1. The molecule has 46 heavy (non-hydrogen) atoms. The van der Waals surface area contributed by atoms with Gasteiger partial charge in [-0.05, 0) is 59.5 Å². The second kappa shape index (κ2) is 13.2. The average molecular weight is 667 g/mol. The van der Waals surface area contributed by atoms with Gasteiger partial charge in [0.25, 0.3) is 11.8 Å². The Balaban J connectivity index is 1.27. The number of thioether (sulfide) groups is 1. The summed E-state index contributed by atoms with van der Waals surface area (Å²) in [5, 5.41) is 19.2. The Morgan fingerprint density at radius 2 is 1.91 bits per heavy atom. The highest BCUT2D eigenvalue weighted by Gasteiger charge is 2.34. The van der Waals surface area contributed by atoms with Crippen LogP contribution in [0.4, 0.5) is 13.2 Å². The molecular formula is C31H25F3N6O4S2. The van der Waals surface area contributed by atoms with E-state index < -0.39 is 17.6 Å². The maximum atomic E-state index is 13.7. The van der Waals surface area contributed by atoms with E-state index in [1.807, 2.05) is 41.8 Å². The summed E-state index contributed by atoms with van der Waals surface area (Å²) in [5.41, 5.74) is 0.894. The number of alkyl halides is 3. The predicted octanol–water partition coefficient (Wildman–Crippen LogP) is 6.35. The SMILES string of the molecule is COc1ccc([C@H]2CC(c3cccs3)=NN2C(=O)CSc2nnc(CNC(=O)c3ccco3)n2-c2cccc(C(F)(F)F)c2)cc1. The van der Waals surface area contributed by atoms with Crippen molar-refractivity contribution in [2.45, 2.75) is 30.3 Å². The van der Waals surface area contributed by atoms with E-state index >= 15 is 0 Å². The third-order valence-corrected chi connectivity index (χ3v) is 8.91. The first-order valence-corrected chi connectivity index (χ1v) is 15.7. The zero-order valence-corrected chi connectivity index (χ0v) is 25.7. The fraction of sp³-hybridized carbons (Fsp3) is 0.194. The predicted molar refractivity (Wildman–Crippen MR) is 165 cm³/mol. The molecule has 4 heterocycles. The Morgan fingerprint density at radius 1 is 1.09 bits per heavy atom. The van der Waals surface area contributed by atoms with Crippen LogP contribution in [0.2, 0.25) is 0 Å². The van der Waals surface area contributed by atoms with Gasteiger partial charge in [0.15, 0.2) is 16.7 Å². The van der Waals surface area contributed by atoms with Gasteiger partial charge in [-0.15, -0.1) is 21.5 Å². The van der Waals surface area contributed by atoms with Gasteiger partial charge in [-0.1, -0.05) is 36.0 Å². The Kier molecular flexibility index (Phi) is 8.94. The number of nitrogens with zero attached hydrogens (tertiary/aromatic N) is 5. The van der Waals surface area contributed by atoms with Crippen molar-refractivity contribution in [2.24, 2.45) is 5.10 Å². The lowest BCUT2D eigenvalue weighted by Crippen LogP contribution is -2.28. The minimum atomic E-state index is -4.59. The maximum Gasteiger partial charge on any atom is 0.416 e. The quantitative estimate of drug-likeness (QED) is 0.173.